The largest absolute Gasteiger partial charge is 0.352 e. The van der Waals surface area contributed by atoms with E-state index in [0.717, 1.165) is 63.0 Å². The number of carbonyl (C=O) groups excluding carboxylic acids is 2. The van der Waals surface area contributed by atoms with Gasteiger partial charge in [-0.05, 0) is 73.2 Å². The number of rotatable bonds is 11. The Bertz CT molecular complexity index is 1450. The van der Waals surface area contributed by atoms with Gasteiger partial charge in [-0.15, -0.1) is 0 Å². The molecular weight excluding hydrogens is 602 g/mol. The third-order valence-corrected chi connectivity index (χ3v) is 9.02. The second-order valence-electron chi connectivity index (χ2n) is 11.0. The van der Waals surface area contributed by atoms with Crippen molar-refractivity contribution >= 4 is 43.5 Å². The molecule has 0 saturated heterocycles. The number of benzene rings is 3. The molecule has 1 N–H and O–H groups in total. The molecular formula is C32H38BrN3O4S. The van der Waals surface area contributed by atoms with E-state index in [1.165, 1.54) is 0 Å². The fourth-order valence-electron chi connectivity index (χ4n) is 5.46. The maximum atomic E-state index is 14.2. The summed E-state index contributed by atoms with van der Waals surface area (Å²) in [6.45, 7) is 3.51. The first kappa shape index (κ1) is 30.8. The number of sulfonamides is 1. The summed E-state index contributed by atoms with van der Waals surface area (Å²) < 4.78 is 28.0. The molecule has 0 bridgehead atoms. The van der Waals surface area contributed by atoms with Crippen LogP contribution in [-0.4, -0.2) is 50.0 Å². The van der Waals surface area contributed by atoms with Crippen LogP contribution in [0.2, 0.25) is 0 Å². The number of amides is 2. The molecule has 3 aromatic rings. The molecule has 2 amide bonds. The third-order valence-electron chi connectivity index (χ3n) is 7.39. The SMILES string of the molecule is Cc1cc(C)cc(N(CC(=O)N(Cc2cccc(Br)c2)C(Cc2ccccc2)C(=O)NC2CCCC2)S(C)(=O)=O)c1. The van der Waals surface area contributed by atoms with E-state index in [2.05, 4.69) is 21.2 Å². The van der Waals surface area contributed by atoms with Gasteiger partial charge in [0.25, 0.3) is 0 Å². The molecule has 41 heavy (non-hydrogen) atoms. The summed E-state index contributed by atoms with van der Waals surface area (Å²) in [4.78, 5) is 29.7. The van der Waals surface area contributed by atoms with Crippen LogP contribution in [0.15, 0.2) is 77.3 Å². The molecule has 1 saturated carbocycles. The van der Waals surface area contributed by atoms with Gasteiger partial charge in [0.2, 0.25) is 21.8 Å². The molecule has 9 heteroatoms. The maximum Gasteiger partial charge on any atom is 0.244 e. The highest BCUT2D eigenvalue weighted by molar-refractivity contribution is 9.10. The lowest BCUT2D eigenvalue weighted by Crippen LogP contribution is -2.54. The lowest BCUT2D eigenvalue weighted by molar-refractivity contribution is -0.140. The molecule has 218 valence electrons. The first-order chi connectivity index (χ1) is 19.5. The first-order valence-corrected chi connectivity index (χ1v) is 16.6. The van der Waals surface area contributed by atoms with Crippen molar-refractivity contribution in [2.75, 3.05) is 17.1 Å². The van der Waals surface area contributed by atoms with E-state index < -0.39 is 28.5 Å². The first-order valence-electron chi connectivity index (χ1n) is 13.9. The number of carbonyl (C=O) groups is 2. The summed E-state index contributed by atoms with van der Waals surface area (Å²) >= 11 is 3.51. The van der Waals surface area contributed by atoms with Crippen molar-refractivity contribution in [3.63, 3.8) is 0 Å². The minimum Gasteiger partial charge on any atom is -0.352 e. The summed E-state index contributed by atoms with van der Waals surface area (Å²) in [5.74, 6) is -0.668. The van der Waals surface area contributed by atoms with Gasteiger partial charge >= 0.3 is 0 Å². The van der Waals surface area contributed by atoms with Crippen LogP contribution in [0.1, 0.15) is 47.9 Å². The van der Waals surface area contributed by atoms with Crippen LogP contribution in [0.5, 0.6) is 0 Å². The summed E-state index contributed by atoms with van der Waals surface area (Å²) in [6, 6.07) is 21.9. The van der Waals surface area contributed by atoms with Crippen LogP contribution in [0.3, 0.4) is 0 Å². The highest BCUT2D eigenvalue weighted by Gasteiger charge is 2.34. The topological polar surface area (TPSA) is 86.8 Å². The van der Waals surface area contributed by atoms with Crippen LogP contribution in [-0.2, 0) is 32.6 Å². The van der Waals surface area contributed by atoms with Crippen molar-refractivity contribution in [3.05, 3.63) is 99.5 Å². The predicted molar refractivity (Wildman–Crippen MR) is 167 cm³/mol. The van der Waals surface area contributed by atoms with E-state index in [1.807, 2.05) is 74.5 Å². The summed E-state index contributed by atoms with van der Waals surface area (Å²) in [5, 5.41) is 3.19. The smallest absolute Gasteiger partial charge is 0.244 e. The van der Waals surface area contributed by atoms with Gasteiger partial charge in [-0.25, -0.2) is 8.42 Å². The van der Waals surface area contributed by atoms with Crippen molar-refractivity contribution in [2.45, 2.75) is 64.6 Å². The molecule has 7 nitrogen and oxygen atoms in total. The molecule has 0 radical (unpaired) electrons. The van der Waals surface area contributed by atoms with E-state index in [0.29, 0.717) is 12.1 Å². The molecule has 3 aromatic carbocycles. The lowest BCUT2D eigenvalue weighted by atomic mass is 10.0. The zero-order chi connectivity index (χ0) is 29.6. The van der Waals surface area contributed by atoms with Crippen LogP contribution in [0, 0.1) is 13.8 Å². The van der Waals surface area contributed by atoms with Gasteiger partial charge in [0.15, 0.2) is 0 Å². The Kier molecular flexibility index (Phi) is 10.3. The van der Waals surface area contributed by atoms with E-state index in [4.69, 9.17) is 0 Å². The van der Waals surface area contributed by atoms with Gasteiger partial charge in [-0.3, -0.25) is 13.9 Å². The zero-order valence-electron chi connectivity index (χ0n) is 23.8. The van der Waals surface area contributed by atoms with E-state index >= 15 is 0 Å². The maximum absolute atomic E-state index is 14.2. The van der Waals surface area contributed by atoms with Gasteiger partial charge < -0.3 is 10.2 Å². The average Bonchev–Trinajstić information content (AvgIpc) is 3.41. The number of nitrogens with zero attached hydrogens (tertiary/aromatic N) is 2. The third kappa shape index (κ3) is 8.66. The van der Waals surface area contributed by atoms with Gasteiger partial charge in [-0.2, -0.15) is 0 Å². The molecule has 1 unspecified atom stereocenters. The zero-order valence-corrected chi connectivity index (χ0v) is 26.2. The van der Waals surface area contributed by atoms with Crippen LogP contribution >= 0.6 is 15.9 Å². The number of hydrogen-bond donors (Lipinski definition) is 1. The molecule has 4 rings (SSSR count). The number of anilines is 1. The molecule has 0 aromatic heterocycles. The molecule has 0 aliphatic heterocycles. The highest BCUT2D eigenvalue weighted by Crippen LogP contribution is 2.24. The van der Waals surface area contributed by atoms with Gasteiger partial charge in [0.1, 0.15) is 12.6 Å². The number of halogens is 1. The summed E-state index contributed by atoms with van der Waals surface area (Å²) in [7, 11) is -3.81. The second kappa shape index (κ2) is 13.7. The molecule has 0 spiro atoms. The monoisotopic (exact) mass is 639 g/mol. The van der Waals surface area contributed by atoms with Crippen molar-refractivity contribution in [3.8, 4) is 0 Å². The van der Waals surface area contributed by atoms with E-state index in [9.17, 15) is 18.0 Å². The Balaban J connectivity index is 1.74. The summed E-state index contributed by atoms with van der Waals surface area (Å²) in [6.07, 6.45) is 5.37. The van der Waals surface area contributed by atoms with Crippen LogP contribution in [0.4, 0.5) is 5.69 Å². The van der Waals surface area contributed by atoms with Crippen LogP contribution in [0.25, 0.3) is 0 Å². The molecule has 0 heterocycles. The Morgan fingerprint density at radius 2 is 1.56 bits per heavy atom. The quantitative estimate of drug-likeness (QED) is 0.299. The van der Waals surface area contributed by atoms with Crippen molar-refractivity contribution in [2.24, 2.45) is 0 Å². The van der Waals surface area contributed by atoms with Gasteiger partial charge in [0, 0.05) is 23.5 Å². The Hall–Kier alpha value is -3.17. The normalized spacial score (nSPS) is 14.4. The lowest BCUT2D eigenvalue weighted by Gasteiger charge is -2.34. The Labute approximate surface area is 252 Å². The Morgan fingerprint density at radius 3 is 2.17 bits per heavy atom. The van der Waals surface area contributed by atoms with Gasteiger partial charge in [0.05, 0.1) is 11.9 Å². The number of hydrogen-bond acceptors (Lipinski definition) is 4. The highest BCUT2D eigenvalue weighted by atomic mass is 79.9. The number of aryl methyl sites for hydroxylation is 2. The fourth-order valence-corrected chi connectivity index (χ4v) is 6.74. The van der Waals surface area contributed by atoms with Crippen molar-refractivity contribution in [1.82, 2.24) is 10.2 Å². The van der Waals surface area contributed by atoms with Crippen LogP contribution < -0.4 is 9.62 Å². The molecule has 1 aliphatic rings. The minimum absolute atomic E-state index is 0.0754. The second-order valence-corrected chi connectivity index (χ2v) is 13.8. The predicted octanol–water partition coefficient (Wildman–Crippen LogP) is 5.53. The number of nitrogens with one attached hydrogen (secondary N) is 1. The summed E-state index contributed by atoms with van der Waals surface area (Å²) in [5.41, 5.74) is 3.96. The van der Waals surface area contributed by atoms with Gasteiger partial charge in [-0.1, -0.05) is 77.3 Å². The van der Waals surface area contributed by atoms with Crippen molar-refractivity contribution < 1.29 is 18.0 Å². The Morgan fingerprint density at radius 1 is 0.927 bits per heavy atom. The van der Waals surface area contributed by atoms with Crippen molar-refractivity contribution in [1.29, 1.82) is 0 Å². The standard InChI is InChI=1S/C32H38BrN3O4S/c1-23-16-24(2)18-29(17-23)36(41(3,39)40)22-31(37)35(21-26-12-9-13-27(33)19-26)30(20-25-10-5-4-6-11-25)32(38)34-28-14-7-8-15-28/h4-6,9-13,16-19,28,30H,7-8,14-15,20-22H2,1-3H3,(H,34,38). The van der Waals surface area contributed by atoms with E-state index in [-0.39, 0.29) is 18.5 Å². The molecule has 1 atom stereocenters. The fraction of sp³-hybridized carbons (Fsp3) is 0.375. The van der Waals surface area contributed by atoms with E-state index in [1.54, 1.807) is 17.0 Å². The minimum atomic E-state index is -3.81. The molecule has 1 aliphatic carbocycles. The molecule has 1 fully saturated rings. The average molecular weight is 641 g/mol.